The summed E-state index contributed by atoms with van der Waals surface area (Å²) in [5.41, 5.74) is 5.21. The lowest BCUT2D eigenvalue weighted by molar-refractivity contribution is -0.0684. The average Bonchev–Trinajstić information content (AvgIpc) is 3.20. The van der Waals surface area contributed by atoms with Crippen LogP contribution >= 0.6 is 31.2 Å². The van der Waals surface area contributed by atoms with Crippen LogP contribution in [0.4, 0.5) is 5.95 Å². The fraction of sp³-hybridized carbons (Fsp3) is 0.312. The van der Waals surface area contributed by atoms with Gasteiger partial charge in [0.2, 0.25) is 5.95 Å². The molecule has 0 spiro atoms. The molecule has 0 aliphatic carbocycles. The monoisotopic (exact) mass is 487 g/mol. The average molecular weight is 488 g/mol. The number of aromatic amines is 1. The van der Waals surface area contributed by atoms with E-state index in [1.165, 1.54) is 16.3 Å². The van der Waals surface area contributed by atoms with Crippen LogP contribution < -0.4 is 11.3 Å². The Labute approximate surface area is 182 Å². The fourth-order valence-electron chi connectivity index (χ4n) is 3.44. The number of anilines is 1. The van der Waals surface area contributed by atoms with Gasteiger partial charge in [0, 0.05) is 9.92 Å². The van der Waals surface area contributed by atoms with E-state index in [9.17, 15) is 19.4 Å². The van der Waals surface area contributed by atoms with E-state index < -0.39 is 37.9 Å². The normalized spacial score (nSPS) is 30.5. The van der Waals surface area contributed by atoms with Gasteiger partial charge >= 0.3 is 7.82 Å². The van der Waals surface area contributed by atoms with Crippen molar-refractivity contribution in [1.29, 1.82) is 0 Å². The summed E-state index contributed by atoms with van der Waals surface area (Å²) >= 11 is 7.12. The van der Waals surface area contributed by atoms with Gasteiger partial charge < -0.3 is 20.5 Å². The van der Waals surface area contributed by atoms with E-state index in [2.05, 4.69) is 15.0 Å². The highest BCUT2D eigenvalue weighted by atomic mass is 35.5. The van der Waals surface area contributed by atoms with Crippen molar-refractivity contribution in [1.82, 2.24) is 19.5 Å². The summed E-state index contributed by atoms with van der Waals surface area (Å²) in [6.45, 7) is -0.256. The molecule has 0 bridgehead atoms. The Kier molecular flexibility index (Phi) is 5.11. The zero-order valence-electron chi connectivity index (χ0n) is 15.4. The van der Waals surface area contributed by atoms with Crippen molar-refractivity contribution in [2.45, 2.75) is 34.6 Å². The second-order valence-corrected chi connectivity index (χ2v) is 9.72. The maximum atomic E-state index is 12.4. The number of benzene rings is 1. The van der Waals surface area contributed by atoms with E-state index in [0.29, 0.717) is 5.02 Å². The van der Waals surface area contributed by atoms with Crippen LogP contribution in [-0.4, -0.2) is 54.4 Å². The first-order chi connectivity index (χ1) is 14.7. The molecule has 2 aliphatic rings. The number of phosphoric acid groups is 1. The highest BCUT2D eigenvalue weighted by Crippen LogP contribution is 2.53. The van der Waals surface area contributed by atoms with E-state index in [1.807, 2.05) is 0 Å². The van der Waals surface area contributed by atoms with Gasteiger partial charge in [-0.25, -0.2) is 9.55 Å². The van der Waals surface area contributed by atoms with Crippen molar-refractivity contribution in [3.05, 3.63) is 39.6 Å². The van der Waals surface area contributed by atoms with Crippen LogP contribution in [0.25, 0.3) is 11.2 Å². The predicted octanol–water partition coefficient (Wildman–Crippen LogP) is 1.28. The highest BCUT2D eigenvalue weighted by molar-refractivity contribution is 7.99. The molecule has 12 nitrogen and oxygen atoms in total. The third-order valence-corrected chi connectivity index (χ3v) is 7.00. The van der Waals surface area contributed by atoms with Gasteiger partial charge in [0.25, 0.3) is 5.56 Å². The summed E-state index contributed by atoms with van der Waals surface area (Å²) in [4.78, 5) is 33.6. The number of nitrogen functional groups attached to an aromatic ring is 1. The number of fused-ring (bicyclic) bond motifs is 2. The number of hydrogen-bond acceptors (Lipinski definition) is 10. The van der Waals surface area contributed by atoms with Gasteiger partial charge in [0.05, 0.1) is 6.61 Å². The number of aromatic nitrogens is 4. The van der Waals surface area contributed by atoms with Crippen LogP contribution in [0, 0.1) is 0 Å². The Morgan fingerprint density at radius 1 is 1.32 bits per heavy atom. The number of ether oxygens (including phenoxy) is 1. The lowest BCUT2D eigenvalue weighted by Crippen LogP contribution is -2.39. The van der Waals surface area contributed by atoms with E-state index in [-0.39, 0.29) is 28.9 Å². The molecule has 0 radical (unpaired) electrons. The third-order valence-electron chi connectivity index (χ3n) is 4.78. The topological polar surface area (TPSA) is 175 Å². The number of halogens is 1. The molecule has 0 amide bonds. The van der Waals surface area contributed by atoms with Crippen molar-refractivity contribution < 1.29 is 28.3 Å². The molecule has 4 heterocycles. The van der Waals surface area contributed by atoms with Crippen LogP contribution in [0.5, 0.6) is 0 Å². The number of aliphatic hydroxyl groups is 1. The second-order valence-electron chi connectivity index (χ2n) is 6.83. The first-order valence-electron chi connectivity index (χ1n) is 8.92. The molecule has 1 unspecified atom stereocenters. The number of phosphoric ester groups is 1. The Morgan fingerprint density at radius 2 is 2.06 bits per heavy atom. The molecule has 164 valence electrons. The maximum absolute atomic E-state index is 12.4. The smallest absolute Gasteiger partial charge is 0.386 e. The van der Waals surface area contributed by atoms with Crippen LogP contribution in [0.1, 0.15) is 6.23 Å². The Hall–Kier alpha value is -1.96. The van der Waals surface area contributed by atoms with Crippen molar-refractivity contribution in [3.63, 3.8) is 0 Å². The zero-order valence-corrected chi connectivity index (χ0v) is 17.9. The molecule has 15 heteroatoms. The minimum atomic E-state index is -4.31. The number of H-pyrrole nitrogens is 1. The second kappa shape index (κ2) is 7.57. The molecular formula is C16H15ClN5O7PS. The molecule has 2 aliphatic heterocycles. The van der Waals surface area contributed by atoms with Gasteiger partial charge in [0.1, 0.15) is 18.3 Å². The van der Waals surface area contributed by atoms with E-state index in [0.717, 1.165) is 4.90 Å². The van der Waals surface area contributed by atoms with Gasteiger partial charge in [0.15, 0.2) is 22.5 Å². The maximum Gasteiger partial charge on any atom is 0.472 e. The molecule has 2 saturated heterocycles. The number of nitrogens with one attached hydrogen (secondary N) is 1. The molecule has 3 aromatic rings. The molecule has 1 aromatic carbocycles. The van der Waals surface area contributed by atoms with Crippen molar-refractivity contribution in [2.24, 2.45) is 0 Å². The Balaban J connectivity index is 1.62. The van der Waals surface area contributed by atoms with E-state index in [1.54, 1.807) is 24.3 Å². The summed E-state index contributed by atoms with van der Waals surface area (Å²) < 4.78 is 28.9. The molecule has 5 N–H and O–H groups in total. The molecule has 2 fully saturated rings. The molecule has 0 saturated carbocycles. The highest BCUT2D eigenvalue weighted by Gasteiger charge is 2.53. The number of nitrogens with two attached hydrogens (primary N) is 1. The SMILES string of the molecule is Nc1nc2c(nc(Sc3ccc(Cl)cc3)n2[C@H]2O[C@@H]3COP(=O)(O)O[C@H]3[C@H]2O)c(=O)[nH]1. The Bertz CT molecular complexity index is 1270. The van der Waals surface area contributed by atoms with Crippen LogP contribution in [0.2, 0.25) is 5.02 Å². The molecular weight excluding hydrogens is 473 g/mol. The number of rotatable bonds is 3. The zero-order chi connectivity index (χ0) is 21.9. The Morgan fingerprint density at radius 3 is 2.81 bits per heavy atom. The first kappa shape index (κ1) is 20.9. The van der Waals surface area contributed by atoms with E-state index in [4.69, 9.17) is 31.1 Å². The van der Waals surface area contributed by atoms with Gasteiger partial charge in [-0.1, -0.05) is 23.4 Å². The fourth-order valence-corrected chi connectivity index (χ4v) is 5.44. The number of aliphatic hydroxyl groups excluding tert-OH is 1. The third kappa shape index (κ3) is 3.77. The first-order valence-corrected chi connectivity index (χ1v) is 11.6. The number of nitrogens with zero attached hydrogens (tertiary/aromatic N) is 3. The van der Waals surface area contributed by atoms with Crippen LogP contribution in [-0.2, 0) is 18.3 Å². The van der Waals surface area contributed by atoms with Gasteiger partial charge in [-0.15, -0.1) is 0 Å². The van der Waals surface area contributed by atoms with Crippen molar-refractivity contribution in [3.8, 4) is 0 Å². The van der Waals surface area contributed by atoms with Crippen molar-refractivity contribution >= 4 is 48.3 Å². The predicted molar refractivity (Wildman–Crippen MR) is 109 cm³/mol. The van der Waals surface area contributed by atoms with Crippen molar-refractivity contribution in [2.75, 3.05) is 12.3 Å². The molecule has 2 aromatic heterocycles. The minimum absolute atomic E-state index is 0.0127. The largest absolute Gasteiger partial charge is 0.472 e. The quantitative estimate of drug-likeness (QED) is 0.391. The standard InChI is InChI=1S/C16H15ClN5O7PS/c17-6-1-3-7(4-2-6)31-16-19-9-12(20-15(18)21-13(9)24)22(16)14-10(23)11-8(28-14)5-27-30(25,26)29-11/h1-4,8,10-11,14,23H,5H2,(H,25,26)(H3,18,20,21,24)/t8-,10-,11-,14+/m1/s1. The summed E-state index contributed by atoms with van der Waals surface area (Å²) in [5, 5.41) is 11.7. The van der Waals surface area contributed by atoms with Crippen LogP contribution in [0.15, 0.2) is 39.1 Å². The number of hydrogen-bond donors (Lipinski definition) is 4. The molecule has 5 rings (SSSR count). The minimum Gasteiger partial charge on any atom is -0.386 e. The lowest BCUT2D eigenvalue weighted by atomic mass is 10.1. The van der Waals surface area contributed by atoms with Gasteiger partial charge in [-0.05, 0) is 24.3 Å². The number of imidazole rings is 1. The molecule has 5 atom stereocenters. The van der Waals surface area contributed by atoms with Crippen LogP contribution in [0.3, 0.4) is 0 Å². The summed E-state index contributed by atoms with van der Waals surface area (Å²) in [6, 6.07) is 6.90. The summed E-state index contributed by atoms with van der Waals surface area (Å²) in [5.74, 6) is -0.147. The molecule has 31 heavy (non-hydrogen) atoms. The van der Waals surface area contributed by atoms with Gasteiger partial charge in [-0.2, -0.15) is 4.98 Å². The van der Waals surface area contributed by atoms with E-state index >= 15 is 0 Å². The van der Waals surface area contributed by atoms with Gasteiger partial charge in [-0.3, -0.25) is 23.4 Å². The summed E-state index contributed by atoms with van der Waals surface area (Å²) in [7, 11) is -4.31. The lowest BCUT2D eigenvalue weighted by Gasteiger charge is -2.27. The summed E-state index contributed by atoms with van der Waals surface area (Å²) in [6.07, 6.45) is -4.46.